The second-order valence-corrected chi connectivity index (χ2v) is 5.22. The fraction of sp³-hybridized carbons (Fsp3) is 0.133. The van der Waals surface area contributed by atoms with Crippen LogP contribution in [0, 0.1) is 25.5 Å². The van der Waals surface area contributed by atoms with Crippen molar-refractivity contribution >= 4 is 22.6 Å². The quantitative estimate of drug-likeness (QED) is 0.643. The zero-order valence-electron chi connectivity index (χ0n) is 10.9. The van der Waals surface area contributed by atoms with E-state index in [2.05, 4.69) is 9.97 Å². The molecule has 20 heavy (non-hydrogen) atoms. The number of hydrogen-bond donors (Lipinski definition) is 1. The molecule has 0 aliphatic heterocycles. The van der Waals surface area contributed by atoms with Gasteiger partial charge in [0.15, 0.2) is 0 Å². The Morgan fingerprint density at radius 3 is 2.55 bits per heavy atom. The number of H-pyrrole nitrogens is 1. The largest absolute Gasteiger partial charge is 0.338 e. The molecular formula is C15H11ClF2N2. The molecule has 0 amide bonds. The first-order valence-corrected chi connectivity index (χ1v) is 6.45. The van der Waals surface area contributed by atoms with Gasteiger partial charge in [-0.05, 0) is 43.2 Å². The van der Waals surface area contributed by atoms with Crippen molar-refractivity contribution in [1.29, 1.82) is 0 Å². The standard InChI is InChI=1S/C15H11ClF2N2/c1-7-3-8(2)14-13(4-7)19-15(20-14)9-5-12(18)10(16)6-11(9)17/h3-6H,1-2H3,(H,19,20). The van der Waals surface area contributed by atoms with Crippen molar-refractivity contribution in [2.24, 2.45) is 0 Å². The van der Waals surface area contributed by atoms with Gasteiger partial charge in [0, 0.05) is 0 Å². The molecule has 0 spiro atoms. The Balaban J connectivity index is 2.25. The summed E-state index contributed by atoms with van der Waals surface area (Å²) in [5.41, 5.74) is 3.68. The molecule has 3 aromatic rings. The van der Waals surface area contributed by atoms with Gasteiger partial charge in [0.2, 0.25) is 0 Å². The number of nitrogens with one attached hydrogen (secondary N) is 1. The highest BCUT2D eigenvalue weighted by Gasteiger charge is 2.14. The van der Waals surface area contributed by atoms with E-state index in [1.165, 1.54) is 0 Å². The molecule has 0 atom stereocenters. The number of benzene rings is 2. The molecule has 102 valence electrons. The van der Waals surface area contributed by atoms with Crippen molar-refractivity contribution in [3.05, 3.63) is 52.0 Å². The monoisotopic (exact) mass is 292 g/mol. The number of aromatic amines is 1. The topological polar surface area (TPSA) is 28.7 Å². The number of nitrogens with zero attached hydrogens (tertiary/aromatic N) is 1. The Morgan fingerprint density at radius 1 is 1.05 bits per heavy atom. The molecule has 0 fully saturated rings. The maximum absolute atomic E-state index is 13.9. The fourth-order valence-electron chi connectivity index (χ4n) is 2.30. The lowest BCUT2D eigenvalue weighted by molar-refractivity contribution is 0.602. The third kappa shape index (κ3) is 2.06. The molecule has 0 bridgehead atoms. The second kappa shape index (κ2) is 4.56. The van der Waals surface area contributed by atoms with Crippen LogP contribution in [0.2, 0.25) is 5.02 Å². The number of halogens is 3. The predicted molar refractivity (Wildman–Crippen MR) is 75.9 cm³/mol. The van der Waals surface area contributed by atoms with Crippen molar-refractivity contribution in [1.82, 2.24) is 9.97 Å². The van der Waals surface area contributed by atoms with E-state index in [0.717, 1.165) is 34.3 Å². The Labute approximate surface area is 119 Å². The maximum Gasteiger partial charge on any atom is 0.142 e. The van der Waals surface area contributed by atoms with E-state index in [9.17, 15) is 8.78 Å². The average molecular weight is 293 g/mol. The molecular weight excluding hydrogens is 282 g/mol. The van der Waals surface area contributed by atoms with Crippen LogP contribution in [0.5, 0.6) is 0 Å². The summed E-state index contributed by atoms with van der Waals surface area (Å²) in [5.74, 6) is -0.983. The van der Waals surface area contributed by atoms with Crippen molar-refractivity contribution in [2.75, 3.05) is 0 Å². The van der Waals surface area contributed by atoms with Crippen molar-refractivity contribution in [2.45, 2.75) is 13.8 Å². The Kier molecular flexibility index (Phi) is 2.98. The molecule has 0 aliphatic carbocycles. The fourth-order valence-corrected chi connectivity index (χ4v) is 2.45. The highest BCUT2D eigenvalue weighted by molar-refractivity contribution is 6.30. The SMILES string of the molecule is Cc1cc(C)c2nc(-c3cc(F)c(Cl)cc3F)[nH]c2c1. The van der Waals surface area contributed by atoms with E-state index in [1.807, 2.05) is 26.0 Å². The minimum Gasteiger partial charge on any atom is -0.338 e. The number of imidazole rings is 1. The van der Waals surface area contributed by atoms with Crippen LogP contribution in [-0.2, 0) is 0 Å². The van der Waals surface area contributed by atoms with E-state index >= 15 is 0 Å². The van der Waals surface area contributed by atoms with Gasteiger partial charge in [-0.2, -0.15) is 0 Å². The number of aryl methyl sites for hydroxylation is 2. The van der Waals surface area contributed by atoms with Gasteiger partial charge in [0.05, 0.1) is 21.6 Å². The lowest BCUT2D eigenvalue weighted by atomic mass is 10.1. The summed E-state index contributed by atoms with van der Waals surface area (Å²) in [6, 6.07) is 5.92. The summed E-state index contributed by atoms with van der Waals surface area (Å²) >= 11 is 5.55. The highest BCUT2D eigenvalue weighted by atomic mass is 35.5. The first kappa shape index (κ1) is 13.1. The van der Waals surface area contributed by atoms with Gasteiger partial charge in [0.25, 0.3) is 0 Å². The lowest BCUT2D eigenvalue weighted by Gasteiger charge is -2.01. The van der Waals surface area contributed by atoms with Crippen molar-refractivity contribution < 1.29 is 8.78 Å². The Bertz CT molecular complexity index is 824. The first-order valence-electron chi connectivity index (χ1n) is 6.07. The highest BCUT2D eigenvalue weighted by Crippen LogP contribution is 2.28. The van der Waals surface area contributed by atoms with Crippen LogP contribution in [0.15, 0.2) is 24.3 Å². The summed E-state index contributed by atoms with van der Waals surface area (Å²) in [6.45, 7) is 3.90. The van der Waals surface area contributed by atoms with Gasteiger partial charge in [-0.25, -0.2) is 13.8 Å². The summed E-state index contributed by atoms with van der Waals surface area (Å²) in [5, 5.41) is -0.241. The van der Waals surface area contributed by atoms with Gasteiger partial charge in [0.1, 0.15) is 17.5 Å². The summed E-state index contributed by atoms with van der Waals surface area (Å²) < 4.78 is 27.4. The number of hydrogen-bond acceptors (Lipinski definition) is 1. The summed E-state index contributed by atoms with van der Waals surface area (Å²) in [4.78, 5) is 7.37. The number of aromatic nitrogens is 2. The van der Waals surface area contributed by atoms with Crippen LogP contribution in [-0.4, -0.2) is 9.97 Å². The minimum atomic E-state index is -0.670. The first-order chi connectivity index (χ1) is 9.45. The van der Waals surface area contributed by atoms with Gasteiger partial charge in [-0.3, -0.25) is 0 Å². The molecule has 2 nitrogen and oxygen atoms in total. The number of rotatable bonds is 1. The smallest absolute Gasteiger partial charge is 0.142 e. The molecule has 0 aliphatic rings. The minimum absolute atomic E-state index is 0.0696. The molecule has 5 heteroatoms. The van der Waals surface area contributed by atoms with Gasteiger partial charge < -0.3 is 4.98 Å². The normalized spacial score (nSPS) is 11.2. The van der Waals surface area contributed by atoms with Crippen LogP contribution < -0.4 is 0 Å². The Morgan fingerprint density at radius 2 is 1.80 bits per heavy atom. The predicted octanol–water partition coefficient (Wildman–Crippen LogP) is 4.78. The molecule has 1 N–H and O–H groups in total. The van der Waals surface area contributed by atoms with Gasteiger partial charge in [-0.1, -0.05) is 17.7 Å². The molecule has 0 saturated carbocycles. The summed E-state index contributed by atoms with van der Waals surface area (Å²) in [6.07, 6.45) is 0. The zero-order chi connectivity index (χ0) is 14.4. The zero-order valence-corrected chi connectivity index (χ0v) is 11.6. The van der Waals surface area contributed by atoms with Gasteiger partial charge in [-0.15, -0.1) is 0 Å². The van der Waals surface area contributed by atoms with E-state index in [-0.39, 0.29) is 10.6 Å². The second-order valence-electron chi connectivity index (χ2n) is 4.81. The van der Waals surface area contributed by atoms with E-state index in [1.54, 1.807) is 0 Å². The average Bonchev–Trinajstić information content (AvgIpc) is 2.77. The van der Waals surface area contributed by atoms with Crippen LogP contribution in [0.3, 0.4) is 0 Å². The van der Waals surface area contributed by atoms with E-state index in [4.69, 9.17) is 11.6 Å². The van der Waals surface area contributed by atoms with E-state index in [0.29, 0.717) is 5.82 Å². The maximum atomic E-state index is 13.9. The molecule has 0 saturated heterocycles. The van der Waals surface area contributed by atoms with E-state index < -0.39 is 11.6 Å². The number of fused-ring (bicyclic) bond motifs is 1. The van der Waals surface area contributed by atoms with Crippen molar-refractivity contribution in [3.63, 3.8) is 0 Å². The van der Waals surface area contributed by atoms with Crippen LogP contribution in [0.25, 0.3) is 22.4 Å². The molecule has 0 radical (unpaired) electrons. The molecule has 0 unspecified atom stereocenters. The van der Waals surface area contributed by atoms with Crippen LogP contribution in [0.1, 0.15) is 11.1 Å². The molecule has 2 aromatic carbocycles. The van der Waals surface area contributed by atoms with Crippen LogP contribution in [0.4, 0.5) is 8.78 Å². The van der Waals surface area contributed by atoms with Crippen molar-refractivity contribution in [3.8, 4) is 11.4 Å². The molecule has 1 aromatic heterocycles. The van der Waals surface area contributed by atoms with Crippen LogP contribution >= 0.6 is 11.6 Å². The molecule has 1 heterocycles. The lowest BCUT2D eigenvalue weighted by Crippen LogP contribution is -1.89. The summed E-state index contributed by atoms with van der Waals surface area (Å²) in [7, 11) is 0. The third-order valence-corrected chi connectivity index (χ3v) is 3.48. The molecule has 3 rings (SSSR count). The third-order valence-electron chi connectivity index (χ3n) is 3.19. The van der Waals surface area contributed by atoms with Gasteiger partial charge >= 0.3 is 0 Å². The Hall–Kier alpha value is -1.94.